The zero-order valence-corrected chi connectivity index (χ0v) is 12.9. The predicted molar refractivity (Wildman–Crippen MR) is 82.9 cm³/mol. The summed E-state index contributed by atoms with van der Waals surface area (Å²) in [5.41, 5.74) is 2.27. The lowest BCUT2D eigenvalue weighted by Crippen LogP contribution is -2.17. The van der Waals surface area contributed by atoms with Crippen LogP contribution in [0.25, 0.3) is 0 Å². The lowest BCUT2D eigenvalue weighted by Gasteiger charge is -2.13. The Morgan fingerprint density at radius 3 is 2.81 bits per heavy atom. The van der Waals surface area contributed by atoms with E-state index in [9.17, 15) is 0 Å². The molecular weight excluding hydrogens is 266 g/mol. The highest BCUT2D eigenvalue weighted by atomic mass is 16.5. The van der Waals surface area contributed by atoms with Gasteiger partial charge in [-0.2, -0.15) is 0 Å². The maximum atomic E-state index is 5.45. The van der Waals surface area contributed by atoms with Gasteiger partial charge in [0, 0.05) is 24.4 Å². The van der Waals surface area contributed by atoms with Gasteiger partial charge in [-0.05, 0) is 25.1 Å². The molecule has 5 nitrogen and oxygen atoms in total. The molecular formula is C16H23N3O2. The number of ether oxygens (including phenoxy) is 2. The number of imidazole rings is 1. The topological polar surface area (TPSA) is 48.3 Å². The summed E-state index contributed by atoms with van der Waals surface area (Å²) < 4.78 is 12.8. The van der Waals surface area contributed by atoms with Crippen molar-refractivity contribution in [3.8, 4) is 11.5 Å². The number of hydrogen-bond donors (Lipinski definition) is 1. The van der Waals surface area contributed by atoms with Crippen molar-refractivity contribution in [1.82, 2.24) is 14.9 Å². The van der Waals surface area contributed by atoms with Gasteiger partial charge in [-0.15, -0.1) is 0 Å². The molecule has 1 N–H and O–H groups in total. The molecule has 1 aromatic heterocycles. The minimum Gasteiger partial charge on any atom is -0.497 e. The lowest BCUT2D eigenvalue weighted by molar-refractivity contribution is 0.390. The molecule has 1 heterocycles. The number of aromatic nitrogens is 2. The van der Waals surface area contributed by atoms with Crippen molar-refractivity contribution in [3.05, 3.63) is 42.0 Å². The van der Waals surface area contributed by atoms with Gasteiger partial charge in [0.25, 0.3) is 0 Å². The third-order valence-electron chi connectivity index (χ3n) is 3.37. The first-order valence-electron chi connectivity index (χ1n) is 7.19. The van der Waals surface area contributed by atoms with Gasteiger partial charge in [0.15, 0.2) is 0 Å². The van der Waals surface area contributed by atoms with E-state index in [4.69, 9.17) is 9.47 Å². The van der Waals surface area contributed by atoms with Crippen LogP contribution in [0.4, 0.5) is 0 Å². The quantitative estimate of drug-likeness (QED) is 0.758. The predicted octanol–water partition coefficient (Wildman–Crippen LogP) is 2.45. The molecule has 0 saturated carbocycles. The van der Waals surface area contributed by atoms with Crippen molar-refractivity contribution in [2.75, 3.05) is 20.8 Å². The van der Waals surface area contributed by atoms with Crippen molar-refractivity contribution < 1.29 is 9.47 Å². The lowest BCUT2D eigenvalue weighted by atomic mass is 10.2. The van der Waals surface area contributed by atoms with Gasteiger partial charge in [-0.3, -0.25) is 0 Å². The average molecular weight is 289 g/mol. The van der Waals surface area contributed by atoms with Crippen LogP contribution >= 0.6 is 0 Å². The molecule has 1 aromatic carbocycles. The molecule has 21 heavy (non-hydrogen) atoms. The third kappa shape index (κ3) is 3.98. The Morgan fingerprint density at radius 2 is 2.10 bits per heavy atom. The maximum Gasteiger partial charge on any atom is 0.127 e. The smallest absolute Gasteiger partial charge is 0.127 e. The molecule has 114 valence electrons. The third-order valence-corrected chi connectivity index (χ3v) is 3.37. The van der Waals surface area contributed by atoms with Crippen LogP contribution in [0.15, 0.2) is 30.7 Å². The number of nitrogens with zero attached hydrogens (tertiary/aromatic N) is 2. The van der Waals surface area contributed by atoms with Crippen molar-refractivity contribution in [1.29, 1.82) is 0 Å². The first-order valence-corrected chi connectivity index (χ1v) is 7.19. The second-order valence-electron chi connectivity index (χ2n) is 4.87. The SMILES string of the molecule is CCCNCc1cncn1Cc1ccc(OC)cc1OC. The zero-order chi connectivity index (χ0) is 15.1. The van der Waals surface area contributed by atoms with E-state index >= 15 is 0 Å². The summed E-state index contributed by atoms with van der Waals surface area (Å²) >= 11 is 0. The monoisotopic (exact) mass is 289 g/mol. The zero-order valence-electron chi connectivity index (χ0n) is 12.9. The Hall–Kier alpha value is -2.01. The largest absolute Gasteiger partial charge is 0.497 e. The first-order chi connectivity index (χ1) is 10.3. The number of nitrogens with one attached hydrogen (secondary N) is 1. The summed E-state index contributed by atoms with van der Waals surface area (Å²) in [4.78, 5) is 4.24. The highest BCUT2D eigenvalue weighted by molar-refractivity contribution is 5.41. The number of benzene rings is 1. The molecule has 0 aliphatic rings. The highest BCUT2D eigenvalue weighted by Crippen LogP contribution is 2.25. The number of methoxy groups -OCH3 is 2. The molecule has 5 heteroatoms. The molecule has 2 rings (SSSR count). The molecule has 0 unspecified atom stereocenters. The van der Waals surface area contributed by atoms with Crippen LogP contribution < -0.4 is 14.8 Å². The fourth-order valence-corrected chi connectivity index (χ4v) is 2.20. The van der Waals surface area contributed by atoms with Crippen LogP contribution in [0.1, 0.15) is 24.6 Å². The van der Waals surface area contributed by atoms with Gasteiger partial charge < -0.3 is 19.4 Å². The van der Waals surface area contributed by atoms with E-state index in [1.165, 1.54) is 5.69 Å². The Bertz CT molecular complexity index is 566. The van der Waals surface area contributed by atoms with Crippen molar-refractivity contribution in [3.63, 3.8) is 0 Å². The summed E-state index contributed by atoms with van der Waals surface area (Å²) in [5, 5.41) is 3.40. The summed E-state index contributed by atoms with van der Waals surface area (Å²) in [6.45, 7) is 4.73. The second-order valence-corrected chi connectivity index (χ2v) is 4.87. The Kier molecular flexibility index (Phi) is 5.63. The fourth-order valence-electron chi connectivity index (χ4n) is 2.20. The summed E-state index contributed by atoms with van der Waals surface area (Å²) in [7, 11) is 3.33. The minimum absolute atomic E-state index is 0.732. The van der Waals surface area contributed by atoms with Crippen molar-refractivity contribution >= 4 is 0 Å². The molecule has 0 amide bonds. The van der Waals surface area contributed by atoms with Crippen molar-refractivity contribution in [2.24, 2.45) is 0 Å². The van der Waals surface area contributed by atoms with E-state index in [2.05, 4.69) is 21.8 Å². The molecule has 0 aliphatic heterocycles. The van der Waals surface area contributed by atoms with Crippen LogP contribution in [-0.2, 0) is 13.1 Å². The van der Waals surface area contributed by atoms with E-state index in [1.54, 1.807) is 14.2 Å². The van der Waals surface area contributed by atoms with E-state index in [0.717, 1.165) is 43.1 Å². The first kappa shape index (κ1) is 15.4. The van der Waals surface area contributed by atoms with E-state index in [1.807, 2.05) is 30.7 Å². The van der Waals surface area contributed by atoms with Gasteiger partial charge >= 0.3 is 0 Å². The fraction of sp³-hybridized carbons (Fsp3) is 0.438. The van der Waals surface area contributed by atoms with E-state index in [-0.39, 0.29) is 0 Å². The number of rotatable bonds is 8. The summed E-state index contributed by atoms with van der Waals surface area (Å²) in [6, 6.07) is 5.88. The van der Waals surface area contributed by atoms with Gasteiger partial charge in [-0.25, -0.2) is 4.98 Å². The van der Waals surface area contributed by atoms with Crippen LogP contribution in [0.2, 0.25) is 0 Å². The summed E-state index contributed by atoms with van der Waals surface area (Å²) in [5.74, 6) is 1.63. The molecule has 0 aliphatic carbocycles. The number of hydrogen-bond acceptors (Lipinski definition) is 4. The molecule has 0 saturated heterocycles. The van der Waals surface area contributed by atoms with Crippen molar-refractivity contribution in [2.45, 2.75) is 26.4 Å². The second kappa shape index (κ2) is 7.69. The van der Waals surface area contributed by atoms with Gasteiger partial charge in [-0.1, -0.05) is 6.92 Å². The maximum absolute atomic E-state index is 5.45. The van der Waals surface area contributed by atoms with Gasteiger partial charge in [0.2, 0.25) is 0 Å². The van der Waals surface area contributed by atoms with E-state index in [0.29, 0.717) is 0 Å². The molecule has 0 radical (unpaired) electrons. The minimum atomic E-state index is 0.732. The normalized spacial score (nSPS) is 10.6. The van der Waals surface area contributed by atoms with Crippen LogP contribution in [0.5, 0.6) is 11.5 Å². The molecule has 0 fully saturated rings. The molecule has 2 aromatic rings. The Morgan fingerprint density at radius 1 is 1.24 bits per heavy atom. The summed E-state index contributed by atoms with van der Waals surface area (Å²) in [6.07, 6.45) is 4.88. The Labute approximate surface area is 125 Å². The Balaban J connectivity index is 2.13. The molecule has 0 bridgehead atoms. The standard InChI is InChI=1S/C16H23N3O2/c1-4-7-17-9-14-10-18-12-19(14)11-13-5-6-15(20-2)8-16(13)21-3/h5-6,8,10,12,17H,4,7,9,11H2,1-3H3. The average Bonchev–Trinajstić information content (AvgIpc) is 2.95. The van der Waals surface area contributed by atoms with Crippen LogP contribution in [0, 0.1) is 0 Å². The van der Waals surface area contributed by atoms with Crippen LogP contribution in [0.3, 0.4) is 0 Å². The van der Waals surface area contributed by atoms with Gasteiger partial charge in [0.05, 0.1) is 32.8 Å². The van der Waals surface area contributed by atoms with E-state index < -0.39 is 0 Å². The van der Waals surface area contributed by atoms with Gasteiger partial charge in [0.1, 0.15) is 11.5 Å². The molecule has 0 spiro atoms. The highest BCUT2D eigenvalue weighted by Gasteiger charge is 2.08. The van der Waals surface area contributed by atoms with Crippen LogP contribution in [-0.4, -0.2) is 30.3 Å². The molecule has 0 atom stereocenters.